The molecule has 0 bridgehead atoms. The van der Waals surface area contributed by atoms with Crippen molar-refractivity contribution in [3.05, 3.63) is 42.0 Å². The van der Waals surface area contributed by atoms with Crippen LogP contribution in [0.5, 0.6) is 0 Å². The monoisotopic (exact) mass is 276 g/mol. The molecular formula is C12H12N4S2. The number of anilines is 1. The molecule has 3 aromatic heterocycles. The largest absolute Gasteiger partial charge is 0.375 e. The minimum Gasteiger partial charge on any atom is -0.375 e. The fourth-order valence-electron chi connectivity index (χ4n) is 1.71. The molecular weight excluding hydrogens is 264 g/mol. The first-order valence-electron chi connectivity index (χ1n) is 5.49. The van der Waals surface area contributed by atoms with Crippen LogP contribution in [0.3, 0.4) is 0 Å². The standard InChI is InChI=1S/C12H12N4S2/c1-8-2-3-10-15-9(6-16(10)5-8)7-17-11-4-14-12(13)18-11/h2-6H,7H2,1H3,(H2,13,14). The van der Waals surface area contributed by atoms with Crippen LogP contribution in [0, 0.1) is 6.92 Å². The Hall–Kier alpha value is -1.53. The second-order valence-electron chi connectivity index (χ2n) is 4.01. The third-order valence-electron chi connectivity index (χ3n) is 2.51. The van der Waals surface area contributed by atoms with Crippen LogP contribution in [0.2, 0.25) is 0 Å². The molecule has 3 rings (SSSR count). The summed E-state index contributed by atoms with van der Waals surface area (Å²) in [6.07, 6.45) is 5.96. The molecule has 0 saturated carbocycles. The van der Waals surface area contributed by atoms with Crippen LogP contribution < -0.4 is 5.73 Å². The number of pyridine rings is 1. The van der Waals surface area contributed by atoms with Gasteiger partial charge in [0.2, 0.25) is 0 Å². The third kappa shape index (κ3) is 2.34. The van der Waals surface area contributed by atoms with E-state index in [0.717, 1.165) is 21.3 Å². The fraction of sp³-hybridized carbons (Fsp3) is 0.167. The number of rotatable bonds is 3. The Morgan fingerprint density at radius 3 is 3.06 bits per heavy atom. The van der Waals surface area contributed by atoms with Gasteiger partial charge in [0.25, 0.3) is 0 Å². The van der Waals surface area contributed by atoms with E-state index in [1.165, 1.54) is 16.9 Å². The maximum Gasteiger partial charge on any atom is 0.181 e. The highest BCUT2D eigenvalue weighted by Crippen LogP contribution is 2.28. The molecule has 0 fully saturated rings. The van der Waals surface area contributed by atoms with Crippen LogP contribution in [0.4, 0.5) is 5.13 Å². The Bertz CT molecular complexity index is 686. The van der Waals surface area contributed by atoms with Gasteiger partial charge in [-0.15, -0.1) is 11.8 Å². The minimum atomic E-state index is 0.614. The van der Waals surface area contributed by atoms with Crippen molar-refractivity contribution in [3.63, 3.8) is 0 Å². The zero-order valence-electron chi connectivity index (χ0n) is 9.83. The number of nitrogens with two attached hydrogens (primary N) is 1. The molecule has 0 aliphatic heterocycles. The molecule has 0 aliphatic carbocycles. The number of hydrogen-bond donors (Lipinski definition) is 1. The van der Waals surface area contributed by atoms with Gasteiger partial charge in [0.05, 0.1) is 16.1 Å². The van der Waals surface area contributed by atoms with E-state index in [-0.39, 0.29) is 0 Å². The summed E-state index contributed by atoms with van der Waals surface area (Å²) in [6.45, 7) is 2.08. The number of fused-ring (bicyclic) bond motifs is 1. The van der Waals surface area contributed by atoms with Crippen molar-refractivity contribution >= 4 is 33.9 Å². The summed E-state index contributed by atoms with van der Waals surface area (Å²) in [5.41, 5.74) is 8.88. The summed E-state index contributed by atoms with van der Waals surface area (Å²) in [6, 6.07) is 4.11. The Labute approximate surface area is 113 Å². The lowest BCUT2D eigenvalue weighted by atomic mass is 10.3. The average Bonchev–Trinajstić information content (AvgIpc) is 2.92. The third-order valence-corrected chi connectivity index (χ3v) is 4.57. The van der Waals surface area contributed by atoms with Gasteiger partial charge in [-0.2, -0.15) is 0 Å². The number of thioether (sulfide) groups is 1. The maximum atomic E-state index is 5.60. The van der Waals surface area contributed by atoms with E-state index in [9.17, 15) is 0 Å². The maximum absolute atomic E-state index is 5.60. The van der Waals surface area contributed by atoms with Gasteiger partial charge < -0.3 is 10.1 Å². The number of nitrogens with zero attached hydrogens (tertiary/aromatic N) is 3. The lowest BCUT2D eigenvalue weighted by Gasteiger charge is -1.93. The van der Waals surface area contributed by atoms with Crippen LogP contribution in [-0.4, -0.2) is 14.4 Å². The van der Waals surface area contributed by atoms with E-state index in [4.69, 9.17) is 5.73 Å². The van der Waals surface area contributed by atoms with Crippen LogP contribution in [0.15, 0.2) is 34.9 Å². The molecule has 0 amide bonds. The van der Waals surface area contributed by atoms with E-state index in [1.807, 2.05) is 12.3 Å². The number of hydrogen-bond acceptors (Lipinski definition) is 5. The predicted molar refractivity (Wildman–Crippen MR) is 76.0 cm³/mol. The van der Waals surface area contributed by atoms with Gasteiger partial charge >= 0.3 is 0 Å². The number of thiazole rings is 1. The smallest absolute Gasteiger partial charge is 0.181 e. The second kappa shape index (κ2) is 4.62. The molecule has 3 heterocycles. The average molecular weight is 276 g/mol. The van der Waals surface area contributed by atoms with Crippen LogP contribution >= 0.6 is 23.1 Å². The van der Waals surface area contributed by atoms with Crippen molar-refractivity contribution in [1.29, 1.82) is 0 Å². The number of nitrogen functional groups attached to an aromatic ring is 1. The molecule has 92 valence electrons. The van der Waals surface area contributed by atoms with Crippen molar-refractivity contribution in [2.24, 2.45) is 0 Å². The molecule has 0 atom stereocenters. The predicted octanol–water partition coefficient (Wildman–Crippen LogP) is 2.97. The highest BCUT2D eigenvalue weighted by Gasteiger charge is 2.04. The topological polar surface area (TPSA) is 56.2 Å². The van der Waals surface area contributed by atoms with Crippen molar-refractivity contribution in [2.75, 3.05) is 5.73 Å². The zero-order chi connectivity index (χ0) is 12.5. The molecule has 0 radical (unpaired) electrons. The van der Waals surface area contributed by atoms with E-state index in [0.29, 0.717) is 5.13 Å². The summed E-state index contributed by atoms with van der Waals surface area (Å²) >= 11 is 3.23. The highest BCUT2D eigenvalue weighted by molar-refractivity contribution is 8.00. The van der Waals surface area contributed by atoms with Crippen molar-refractivity contribution in [3.8, 4) is 0 Å². The Balaban J connectivity index is 1.78. The van der Waals surface area contributed by atoms with E-state index >= 15 is 0 Å². The molecule has 4 nitrogen and oxygen atoms in total. The van der Waals surface area contributed by atoms with Gasteiger partial charge in [0.15, 0.2) is 5.13 Å². The van der Waals surface area contributed by atoms with Gasteiger partial charge in [0.1, 0.15) is 5.65 Å². The Morgan fingerprint density at radius 2 is 2.28 bits per heavy atom. The highest BCUT2D eigenvalue weighted by atomic mass is 32.2. The molecule has 0 unspecified atom stereocenters. The summed E-state index contributed by atoms with van der Waals surface area (Å²) in [7, 11) is 0. The summed E-state index contributed by atoms with van der Waals surface area (Å²) in [5.74, 6) is 0.836. The Morgan fingerprint density at radius 1 is 1.39 bits per heavy atom. The number of aromatic nitrogens is 3. The Kier molecular flexibility index (Phi) is 2.97. The first kappa shape index (κ1) is 11.6. The van der Waals surface area contributed by atoms with Gasteiger partial charge in [0, 0.05) is 18.1 Å². The lowest BCUT2D eigenvalue weighted by molar-refractivity contribution is 1.15. The molecule has 0 aromatic carbocycles. The second-order valence-corrected chi connectivity index (χ2v) is 6.35. The first-order chi connectivity index (χ1) is 8.70. The molecule has 0 spiro atoms. The van der Waals surface area contributed by atoms with Gasteiger partial charge in [-0.25, -0.2) is 9.97 Å². The zero-order valence-corrected chi connectivity index (χ0v) is 11.5. The van der Waals surface area contributed by atoms with E-state index < -0.39 is 0 Å². The molecule has 3 aromatic rings. The molecule has 18 heavy (non-hydrogen) atoms. The van der Waals surface area contributed by atoms with Crippen molar-refractivity contribution < 1.29 is 0 Å². The van der Waals surface area contributed by atoms with Crippen LogP contribution in [0.25, 0.3) is 5.65 Å². The fourth-order valence-corrected chi connectivity index (χ4v) is 3.35. The SMILES string of the molecule is Cc1ccc2nc(CSc3cnc(N)s3)cn2c1. The molecule has 6 heteroatoms. The van der Waals surface area contributed by atoms with Crippen molar-refractivity contribution in [2.45, 2.75) is 16.9 Å². The molecule has 0 aliphatic rings. The van der Waals surface area contributed by atoms with E-state index in [1.54, 1.807) is 11.8 Å². The van der Waals surface area contributed by atoms with Gasteiger partial charge in [-0.3, -0.25) is 0 Å². The van der Waals surface area contributed by atoms with Crippen LogP contribution in [-0.2, 0) is 5.75 Å². The van der Waals surface area contributed by atoms with Crippen LogP contribution in [0.1, 0.15) is 11.3 Å². The minimum absolute atomic E-state index is 0.614. The van der Waals surface area contributed by atoms with E-state index in [2.05, 4.69) is 39.8 Å². The quantitative estimate of drug-likeness (QED) is 0.747. The molecule has 2 N–H and O–H groups in total. The number of aryl methyl sites for hydroxylation is 1. The summed E-state index contributed by atoms with van der Waals surface area (Å²) in [5, 5.41) is 0.614. The summed E-state index contributed by atoms with van der Waals surface area (Å²) < 4.78 is 3.19. The normalized spacial score (nSPS) is 11.2. The number of imidazole rings is 1. The van der Waals surface area contributed by atoms with Crippen molar-refractivity contribution in [1.82, 2.24) is 14.4 Å². The summed E-state index contributed by atoms with van der Waals surface area (Å²) in [4.78, 5) is 8.60. The lowest BCUT2D eigenvalue weighted by Crippen LogP contribution is -1.82. The first-order valence-corrected chi connectivity index (χ1v) is 7.29. The molecule has 0 saturated heterocycles. The van der Waals surface area contributed by atoms with Gasteiger partial charge in [-0.05, 0) is 18.6 Å². The van der Waals surface area contributed by atoms with Gasteiger partial charge in [-0.1, -0.05) is 17.4 Å².